The lowest BCUT2D eigenvalue weighted by Gasteiger charge is -2.19. The van der Waals surface area contributed by atoms with E-state index in [4.69, 9.17) is 5.73 Å². The van der Waals surface area contributed by atoms with Crippen molar-refractivity contribution in [3.05, 3.63) is 126 Å². The molecule has 0 heterocycles. The highest BCUT2D eigenvalue weighted by molar-refractivity contribution is 6.95. The van der Waals surface area contributed by atoms with Crippen LogP contribution in [0.5, 0.6) is 0 Å². The lowest BCUT2D eigenvalue weighted by molar-refractivity contribution is 0.446. The number of hydrogen-bond acceptors (Lipinski definition) is 3. The fraction of sp³-hybridized carbons (Fsp3) is 0.0769. The summed E-state index contributed by atoms with van der Waals surface area (Å²) in [6, 6.07) is 40.7. The molecule has 4 aromatic carbocycles. The Hall–Kier alpha value is -3.02. The summed E-state index contributed by atoms with van der Waals surface area (Å²) >= 11 is 0. The quantitative estimate of drug-likeness (QED) is 0.181. The first-order chi connectivity index (χ1) is 14.8. The van der Waals surface area contributed by atoms with E-state index in [-0.39, 0.29) is 6.17 Å². The maximum Gasteiger partial charge on any atom is 0.132 e. The summed E-state index contributed by atoms with van der Waals surface area (Å²) in [5.74, 6) is 0. The van der Waals surface area contributed by atoms with Crippen molar-refractivity contribution in [3.63, 3.8) is 0 Å². The van der Waals surface area contributed by atoms with Crippen molar-refractivity contribution in [3.8, 4) is 0 Å². The van der Waals surface area contributed by atoms with Crippen molar-refractivity contribution in [1.82, 2.24) is 10.9 Å². The number of hydrogen-bond donors (Lipinski definition) is 3. The van der Waals surface area contributed by atoms with Crippen LogP contribution < -0.4 is 32.1 Å². The topological polar surface area (TPSA) is 50.1 Å². The summed E-state index contributed by atoms with van der Waals surface area (Å²) in [5.41, 5.74) is 15.0. The molecule has 1 atom stereocenters. The van der Waals surface area contributed by atoms with Crippen LogP contribution in [0.2, 0.25) is 0 Å². The summed E-state index contributed by atoms with van der Waals surface area (Å²) in [7, 11) is -1.51. The molecule has 0 spiro atoms. The van der Waals surface area contributed by atoms with Gasteiger partial charge in [-0.3, -0.25) is 5.43 Å². The Kier molecular flexibility index (Phi) is 6.85. The zero-order valence-electron chi connectivity index (χ0n) is 16.9. The van der Waals surface area contributed by atoms with Crippen LogP contribution in [0.3, 0.4) is 0 Å². The van der Waals surface area contributed by atoms with Crippen LogP contribution in [0, 0.1) is 0 Å². The zero-order valence-corrected chi connectivity index (χ0v) is 18.1. The Morgan fingerprint density at radius 1 is 0.633 bits per heavy atom. The molecule has 0 saturated heterocycles. The lowest BCUT2D eigenvalue weighted by Crippen LogP contribution is -2.52. The van der Waals surface area contributed by atoms with E-state index in [0.29, 0.717) is 6.54 Å². The summed E-state index contributed by atoms with van der Waals surface area (Å²) in [6.45, 7) is 0.707. The van der Waals surface area contributed by atoms with E-state index in [9.17, 15) is 0 Å². The van der Waals surface area contributed by atoms with Crippen molar-refractivity contribution in [2.24, 2.45) is 5.73 Å². The van der Waals surface area contributed by atoms with Crippen LogP contribution in [-0.4, -0.2) is 8.80 Å². The van der Waals surface area contributed by atoms with E-state index < -0.39 is 8.80 Å². The third kappa shape index (κ3) is 5.12. The van der Waals surface area contributed by atoms with Crippen LogP contribution >= 0.6 is 0 Å². The molecule has 4 aromatic rings. The highest BCUT2D eigenvalue weighted by atomic mass is 28.3. The largest absolute Gasteiger partial charge is 0.311 e. The van der Waals surface area contributed by atoms with E-state index in [1.165, 1.54) is 21.1 Å². The minimum Gasteiger partial charge on any atom is -0.311 e. The Morgan fingerprint density at radius 3 is 1.77 bits per heavy atom. The van der Waals surface area contributed by atoms with Gasteiger partial charge in [0, 0.05) is 6.54 Å². The smallest absolute Gasteiger partial charge is 0.132 e. The SMILES string of the molecule is NC(NNCc1cccc([SiH](c2ccccc2)c2ccccc2)c1)c1ccccc1. The van der Waals surface area contributed by atoms with Gasteiger partial charge in [-0.1, -0.05) is 131 Å². The van der Waals surface area contributed by atoms with Gasteiger partial charge in [-0.25, -0.2) is 5.43 Å². The van der Waals surface area contributed by atoms with Crippen molar-refractivity contribution in [2.45, 2.75) is 12.7 Å². The van der Waals surface area contributed by atoms with Crippen molar-refractivity contribution in [1.29, 1.82) is 0 Å². The minimum atomic E-state index is -1.51. The van der Waals surface area contributed by atoms with Gasteiger partial charge >= 0.3 is 0 Å². The van der Waals surface area contributed by atoms with Crippen LogP contribution in [0.1, 0.15) is 17.3 Å². The maximum absolute atomic E-state index is 6.22. The molecule has 0 saturated carbocycles. The molecule has 30 heavy (non-hydrogen) atoms. The summed E-state index contributed by atoms with van der Waals surface area (Å²) in [6.07, 6.45) is -0.245. The Labute approximate surface area is 180 Å². The van der Waals surface area contributed by atoms with Crippen molar-refractivity contribution >= 4 is 24.4 Å². The molecule has 4 rings (SSSR count). The second-order valence-electron chi connectivity index (χ2n) is 7.39. The number of rotatable bonds is 8. The fourth-order valence-corrected chi connectivity index (χ4v) is 6.81. The highest BCUT2D eigenvalue weighted by Gasteiger charge is 2.18. The van der Waals surface area contributed by atoms with Crippen LogP contribution in [0.4, 0.5) is 0 Å². The van der Waals surface area contributed by atoms with Gasteiger partial charge in [0.05, 0.1) is 6.17 Å². The standard InChI is InChI=1S/C26H27N3Si/c27-26(22-12-4-1-5-13-22)29-28-20-21-11-10-18-25(19-21)30(23-14-6-2-7-15-23)24-16-8-3-9-17-24/h1-19,26,28-30H,20,27H2. The molecule has 0 aliphatic carbocycles. The molecule has 0 aliphatic rings. The second-order valence-corrected chi connectivity index (χ2v) is 10.3. The van der Waals surface area contributed by atoms with Crippen LogP contribution in [0.25, 0.3) is 0 Å². The van der Waals surface area contributed by atoms with Crippen LogP contribution in [-0.2, 0) is 6.54 Å². The maximum atomic E-state index is 6.22. The molecule has 0 amide bonds. The molecule has 0 aromatic heterocycles. The summed E-state index contributed by atoms with van der Waals surface area (Å²) in [4.78, 5) is 0. The number of benzene rings is 4. The van der Waals surface area contributed by atoms with E-state index in [0.717, 1.165) is 5.56 Å². The lowest BCUT2D eigenvalue weighted by atomic mass is 10.2. The van der Waals surface area contributed by atoms with Gasteiger partial charge in [0.15, 0.2) is 0 Å². The number of nitrogens with two attached hydrogens (primary N) is 1. The molecule has 0 radical (unpaired) electrons. The third-order valence-corrected chi connectivity index (χ3v) is 8.39. The molecule has 0 fully saturated rings. The molecule has 4 N–H and O–H groups in total. The van der Waals surface area contributed by atoms with Gasteiger partial charge in [-0.15, -0.1) is 0 Å². The molecule has 4 heteroatoms. The molecular weight excluding hydrogens is 382 g/mol. The van der Waals surface area contributed by atoms with E-state index >= 15 is 0 Å². The minimum absolute atomic E-state index is 0.245. The van der Waals surface area contributed by atoms with Gasteiger partial charge in [0.25, 0.3) is 0 Å². The first-order valence-corrected chi connectivity index (χ1v) is 12.0. The van der Waals surface area contributed by atoms with Crippen molar-refractivity contribution < 1.29 is 0 Å². The number of nitrogens with one attached hydrogen (secondary N) is 2. The summed E-state index contributed by atoms with van der Waals surface area (Å²) in [5, 5.41) is 4.27. The normalized spacial score (nSPS) is 12.1. The molecule has 0 bridgehead atoms. The van der Waals surface area contributed by atoms with E-state index in [1.807, 2.05) is 30.3 Å². The van der Waals surface area contributed by atoms with Gasteiger partial charge in [0.1, 0.15) is 8.80 Å². The molecule has 150 valence electrons. The monoisotopic (exact) mass is 409 g/mol. The van der Waals surface area contributed by atoms with Gasteiger partial charge in [-0.2, -0.15) is 0 Å². The Balaban J connectivity index is 1.51. The Morgan fingerprint density at radius 2 is 1.17 bits per heavy atom. The fourth-order valence-electron chi connectivity index (χ4n) is 3.76. The van der Waals surface area contributed by atoms with E-state index in [1.54, 1.807) is 0 Å². The predicted octanol–water partition coefficient (Wildman–Crippen LogP) is 2.19. The third-order valence-electron chi connectivity index (χ3n) is 5.26. The second kappa shape index (κ2) is 10.1. The number of hydrazine groups is 1. The zero-order chi connectivity index (χ0) is 20.6. The van der Waals surface area contributed by atoms with Gasteiger partial charge in [0.2, 0.25) is 0 Å². The van der Waals surface area contributed by atoms with E-state index in [2.05, 4.69) is 95.8 Å². The van der Waals surface area contributed by atoms with Gasteiger partial charge in [-0.05, 0) is 11.1 Å². The van der Waals surface area contributed by atoms with Gasteiger partial charge < -0.3 is 5.73 Å². The molecule has 3 nitrogen and oxygen atoms in total. The molecule has 1 unspecified atom stereocenters. The molecular formula is C26H27N3Si. The van der Waals surface area contributed by atoms with Crippen molar-refractivity contribution in [2.75, 3.05) is 0 Å². The average molecular weight is 410 g/mol. The predicted molar refractivity (Wildman–Crippen MR) is 129 cm³/mol. The average Bonchev–Trinajstić information content (AvgIpc) is 2.81. The summed E-state index contributed by atoms with van der Waals surface area (Å²) < 4.78 is 0. The first kappa shape index (κ1) is 20.3. The highest BCUT2D eigenvalue weighted by Crippen LogP contribution is 2.05. The first-order valence-electron chi connectivity index (χ1n) is 10.3. The molecule has 0 aliphatic heterocycles. The Bertz CT molecular complexity index is 1000. The van der Waals surface area contributed by atoms with Crippen LogP contribution in [0.15, 0.2) is 115 Å².